The largest absolute Gasteiger partial charge is 0.497 e. The molecule has 0 fully saturated rings. The van der Waals surface area contributed by atoms with Gasteiger partial charge in [0.1, 0.15) is 5.75 Å². The minimum absolute atomic E-state index is 0.0184. The molecule has 0 bridgehead atoms. The molecule has 2 rings (SSSR count). The first-order valence-electron chi connectivity index (χ1n) is 8.52. The van der Waals surface area contributed by atoms with Gasteiger partial charge in [0, 0.05) is 25.2 Å². The van der Waals surface area contributed by atoms with Gasteiger partial charge in [-0.2, -0.15) is 0 Å². The number of hydrogen-bond acceptors (Lipinski definition) is 5. The maximum atomic E-state index is 12.9. The topological polar surface area (TPSA) is 102 Å². The zero-order chi connectivity index (χ0) is 20.0. The summed E-state index contributed by atoms with van der Waals surface area (Å²) in [4.78, 5) is 12.3. The van der Waals surface area contributed by atoms with E-state index in [0.717, 1.165) is 0 Å². The van der Waals surface area contributed by atoms with Gasteiger partial charge < -0.3 is 15.8 Å². The SMILES string of the molecule is COc1ccc(N(C)S(=O)(=O)c2cccc(C(=O)NCCC(C)N)c2)cc1. The van der Waals surface area contributed by atoms with Gasteiger partial charge in [-0.25, -0.2) is 8.42 Å². The summed E-state index contributed by atoms with van der Waals surface area (Å²) in [6.07, 6.45) is 0.643. The van der Waals surface area contributed by atoms with Crippen LogP contribution in [0.2, 0.25) is 0 Å². The fourth-order valence-electron chi connectivity index (χ4n) is 2.40. The molecule has 0 aliphatic heterocycles. The summed E-state index contributed by atoms with van der Waals surface area (Å²) in [5.74, 6) is 0.301. The van der Waals surface area contributed by atoms with Crippen LogP contribution >= 0.6 is 0 Å². The summed E-state index contributed by atoms with van der Waals surface area (Å²) < 4.78 is 32.1. The quantitative estimate of drug-likeness (QED) is 0.716. The summed E-state index contributed by atoms with van der Waals surface area (Å²) in [5, 5.41) is 2.74. The molecule has 8 heteroatoms. The Balaban J connectivity index is 2.21. The van der Waals surface area contributed by atoms with Crippen molar-refractivity contribution in [3.63, 3.8) is 0 Å². The first-order chi connectivity index (χ1) is 12.8. The van der Waals surface area contributed by atoms with Crippen LogP contribution in [-0.4, -0.2) is 41.1 Å². The number of benzene rings is 2. The van der Waals surface area contributed by atoms with E-state index in [1.807, 2.05) is 6.92 Å². The van der Waals surface area contributed by atoms with Crippen LogP contribution in [0.25, 0.3) is 0 Å². The number of nitrogens with two attached hydrogens (primary N) is 1. The van der Waals surface area contributed by atoms with Crippen LogP contribution in [0, 0.1) is 0 Å². The molecular weight excluding hydrogens is 366 g/mol. The fourth-order valence-corrected chi connectivity index (χ4v) is 3.64. The van der Waals surface area contributed by atoms with Crippen LogP contribution in [0.15, 0.2) is 53.4 Å². The first-order valence-corrected chi connectivity index (χ1v) is 9.96. The smallest absolute Gasteiger partial charge is 0.264 e. The Kier molecular flexibility index (Phi) is 6.81. The highest BCUT2D eigenvalue weighted by atomic mass is 32.2. The van der Waals surface area contributed by atoms with Crippen molar-refractivity contribution < 1.29 is 17.9 Å². The third-order valence-electron chi connectivity index (χ3n) is 4.08. The van der Waals surface area contributed by atoms with Gasteiger partial charge >= 0.3 is 0 Å². The molecule has 1 amide bonds. The summed E-state index contributed by atoms with van der Waals surface area (Å²) in [6, 6.07) is 12.6. The Bertz CT molecular complexity index is 880. The highest BCUT2D eigenvalue weighted by Gasteiger charge is 2.22. The minimum atomic E-state index is -3.81. The van der Waals surface area contributed by atoms with Crippen molar-refractivity contribution in [3.8, 4) is 5.75 Å². The summed E-state index contributed by atoms with van der Waals surface area (Å²) in [7, 11) is -0.802. The predicted molar refractivity (Wildman–Crippen MR) is 106 cm³/mol. The van der Waals surface area contributed by atoms with Gasteiger partial charge in [-0.1, -0.05) is 6.07 Å². The predicted octanol–water partition coefficient (Wildman–Crippen LogP) is 1.99. The minimum Gasteiger partial charge on any atom is -0.497 e. The number of rotatable bonds is 8. The molecule has 0 aromatic heterocycles. The lowest BCUT2D eigenvalue weighted by atomic mass is 10.2. The molecular formula is C19H25N3O4S. The molecule has 0 saturated carbocycles. The third-order valence-corrected chi connectivity index (χ3v) is 5.86. The van der Waals surface area contributed by atoms with Crippen molar-refractivity contribution in [3.05, 3.63) is 54.1 Å². The lowest BCUT2D eigenvalue weighted by Crippen LogP contribution is -2.29. The van der Waals surface area contributed by atoms with E-state index in [0.29, 0.717) is 24.4 Å². The number of ether oxygens (including phenoxy) is 1. The Labute approximate surface area is 160 Å². The zero-order valence-electron chi connectivity index (χ0n) is 15.7. The molecule has 7 nitrogen and oxygen atoms in total. The monoisotopic (exact) mass is 391 g/mol. The number of carbonyl (C=O) groups excluding carboxylic acids is 1. The molecule has 0 radical (unpaired) electrons. The Morgan fingerprint density at radius 3 is 2.48 bits per heavy atom. The van der Waals surface area contributed by atoms with E-state index >= 15 is 0 Å². The van der Waals surface area contributed by atoms with Gasteiger partial charge in [-0.05, 0) is 55.8 Å². The van der Waals surface area contributed by atoms with Crippen molar-refractivity contribution in [2.45, 2.75) is 24.3 Å². The van der Waals surface area contributed by atoms with Crippen molar-refractivity contribution in [2.75, 3.05) is 25.0 Å². The molecule has 0 spiro atoms. The molecule has 1 unspecified atom stereocenters. The van der Waals surface area contributed by atoms with Gasteiger partial charge in [0.25, 0.3) is 15.9 Å². The van der Waals surface area contributed by atoms with Crippen LogP contribution in [-0.2, 0) is 10.0 Å². The molecule has 3 N–H and O–H groups in total. The summed E-state index contributed by atoms with van der Waals surface area (Å²) >= 11 is 0. The number of carbonyl (C=O) groups is 1. The lowest BCUT2D eigenvalue weighted by Gasteiger charge is -2.20. The highest BCUT2D eigenvalue weighted by Crippen LogP contribution is 2.24. The molecule has 1 atom stereocenters. The standard InChI is InChI=1S/C19H25N3O4S/c1-14(20)11-12-21-19(23)15-5-4-6-18(13-15)27(24,25)22(2)16-7-9-17(26-3)10-8-16/h4-10,13-14H,11-12,20H2,1-3H3,(H,21,23). The maximum Gasteiger partial charge on any atom is 0.264 e. The number of sulfonamides is 1. The molecule has 0 aliphatic rings. The maximum absolute atomic E-state index is 12.9. The molecule has 146 valence electrons. The van der Waals surface area contributed by atoms with E-state index in [9.17, 15) is 13.2 Å². The third kappa shape index (κ3) is 5.21. The van der Waals surface area contributed by atoms with Crippen molar-refractivity contribution >= 4 is 21.6 Å². The molecule has 0 heterocycles. The van der Waals surface area contributed by atoms with Crippen molar-refractivity contribution in [1.29, 1.82) is 0 Å². The molecule has 27 heavy (non-hydrogen) atoms. The van der Waals surface area contributed by atoms with Crippen LogP contribution in [0.1, 0.15) is 23.7 Å². The first kappa shape index (κ1) is 20.7. The number of hydrogen-bond donors (Lipinski definition) is 2. The van der Waals surface area contributed by atoms with Gasteiger partial charge in [-0.3, -0.25) is 9.10 Å². The van der Waals surface area contributed by atoms with Crippen molar-refractivity contribution in [1.82, 2.24) is 5.32 Å². The Hall–Kier alpha value is -2.58. The normalized spacial score (nSPS) is 12.3. The number of anilines is 1. The Morgan fingerprint density at radius 1 is 1.22 bits per heavy atom. The number of nitrogens with zero attached hydrogens (tertiary/aromatic N) is 1. The van der Waals surface area contributed by atoms with E-state index in [1.165, 1.54) is 23.5 Å². The van der Waals surface area contributed by atoms with E-state index < -0.39 is 10.0 Å². The number of amides is 1. The molecule has 2 aromatic carbocycles. The van der Waals surface area contributed by atoms with E-state index in [2.05, 4.69) is 5.32 Å². The van der Waals surface area contributed by atoms with E-state index in [4.69, 9.17) is 10.5 Å². The average molecular weight is 391 g/mol. The number of methoxy groups -OCH3 is 1. The average Bonchev–Trinajstić information content (AvgIpc) is 2.67. The molecule has 2 aromatic rings. The van der Waals surface area contributed by atoms with Crippen molar-refractivity contribution in [2.24, 2.45) is 5.73 Å². The fraction of sp³-hybridized carbons (Fsp3) is 0.316. The molecule has 0 saturated heterocycles. The number of nitrogens with one attached hydrogen (secondary N) is 1. The Morgan fingerprint density at radius 2 is 1.89 bits per heavy atom. The van der Waals surface area contributed by atoms with E-state index in [1.54, 1.807) is 43.5 Å². The lowest BCUT2D eigenvalue weighted by molar-refractivity contribution is 0.0952. The van der Waals surface area contributed by atoms with Gasteiger partial charge in [0.2, 0.25) is 0 Å². The van der Waals surface area contributed by atoms with E-state index in [-0.39, 0.29) is 22.4 Å². The second-order valence-corrected chi connectivity index (χ2v) is 8.19. The zero-order valence-corrected chi connectivity index (χ0v) is 16.5. The van der Waals surface area contributed by atoms with Crippen LogP contribution in [0.3, 0.4) is 0 Å². The van der Waals surface area contributed by atoms with Crippen LogP contribution in [0.5, 0.6) is 5.75 Å². The molecule has 0 aliphatic carbocycles. The van der Waals surface area contributed by atoms with Gasteiger partial charge in [0.05, 0.1) is 17.7 Å². The second-order valence-electron chi connectivity index (χ2n) is 6.22. The van der Waals surface area contributed by atoms with Gasteiger partial charge in [0.15, 0.2) is 0 Å². The summed E-state index contributed by atoms with van der Waals surface area (Å²) in [5.41, 5.74) is 6.43. The second kappa shape index (κ2) is 8.88. The van der Waals surface area contributed by atoms with Gasteiger partial charge in [-0.15, -0.1) is 0 Å². The van der Waals surface area contributed by atoms with Crippen LogP contribution < -0.4 is 20.1 Å². The highest BCUT2D eigenvalue weighted by molar-refractivity contribution is 7.92. The summed E-state index contributed by atoms with van der Waals surface area (Å²) in [6.45, 7) is 2.29. The van der Waals surface area contributed by atoms with Crippen LogP contribution in [0.4, 0.5) is 5.69 Å².